The molecule has 0 aliphatic heterocycles. The standard InChI is InChI=1S/C28H32N4O5/c1-19-6-3-4-7-24(19)31-28(36)32-25-13-8-20(17-26(25)37-2)16-23(33)18-29-14-5-15-30-22-11-9-21(10-12-22)27(34)35/h3-4,6-13,17,29-30H,5,14-16,18H2,1-2H3,(H,34,35)(H2,31,32,36). The van der Waals surface area contributed by atoms with Gasteiger partial charge in [-0.2, -0.15) is 0 Å². The van der Waals surface area contributed by atoms with E-state index in [4.69, 9.17) is 9.84 Å². The van der Waals surface area contributed by atoms with Gasteiger partial charge in [0.2, 0.25) is 0 Å². The lowest BCUT2D eigenvalue weighted by atomic mass is 10.1. The van der Waals surface area contributed by atoms with Crippen molar-refractivity contribution in [2.45, 2.75) is 19.8 Å². The number of methoxy groups -OCH3 is 1. The van der Waals surface area contributed by atoms with E-state index in [0.29, 0.717) is 24.5 Å². The quantitative estimate of drug-likeness (QED) is 0.216. The molecule has 9 nitrogen and oxygen atoms in total. The number of hydrogen-bond acceptors (Lipinski definition) is 6. The number of ether oxygens (including phenoxy) is 1. The first-order valence-electron chi connectivity index (χ1n) is 12.0. The highest BCUT2D eigenvalue weighted by Crippen LogP contribution is 2.26. The number of Topliss-reactive ketones (excluding diaryl/α,β-unsaturated/α-hetero) is 1. The lowest BCUT2D eigenvalue weighted by Crippen LogP contribution is -2.26. The van der Waals surface area contributed by atoms with Crippen LogP contribution in [0.4, 0.5) is 21.9 Å². The van der Waals surface area contributed by atoms with Gasteiger partial charge < -0.3 is 31.1 Å². The van der Waals surface area contributed by atoms with Crippen molar-refractivity contribution in [2.24, 2.45) is 0 Å². The van der Waals surface area contributed by atoms with Crippen LogP contribution in [0, 0.1) is 6.92 Å². The van der Waals surface area contributed by atoms with E-state index in [2.05, 4.69) is 21.3 Å². The Kier molecular flexibility index (Phi) is 10.0. The second kappa shape index (κ2) is 13.6. The Morgan fingerprint density at radius 1 is 0.892 bits per heavy atom. The number of anilines is 3. The van der Waals surface area contributed by atoms with Crippen LogP contribution in [-0.2, 0) is 11.2 Å². The van der Waals surface area contributed by atoms with Crippen LogP contribution in [0.15, 0.2) is 66.7 Å². The second-order valence-electron chi connectivity index (χ2n) is 8.48. The van der Waals surface area contributed by atoms with Gasteiger partial charge in [-0.1, -0.05) is 24.3 Å². The molecule has 0 saturated carbocycles. The molecule has 194 valence electrons. The molecule has 3 rings (SSSR count). The maximum absolute atomic E-state index is 12.4. The van der Waals surface area contributed by atoms with Crippen molar-refractivity contribution in [1.29, 1.82) is 0 Å². The van der Waals surface area contributed by atoms with Gasteiger partial charge >= 0.3 is 12.0 Å². The van der Waals surface area contributed by atoms with Crippen molar-refractivity contribution in [1.82, 2.24) is 5.32 Å². The first kappa shape index (κ1) is 27.2. The number of urea groups is 1. The first-order chi connectivity index (χ1) is 17.9. The Morgan fingerprint density at radius 2 is 1.62 bits per heavy atom. The Morgan fingerprint density at radius 3 is 2.32 bits per heavy atom. The highest BCUT2D eigenvalue weighted by molar-refractivity contribution is 6.01. The van der Waals surface area contributed by atoms with Gasteiger partial charge in [-0.05, 0) is 73.5 Å². The molecular formula is C28H32N4O5. The van der Waals surface area contributed by atoms with Crippen LogP contribution in [0.2, 0.25) is 0 Å². The van der Waals surface area contributed by atoms with Crippen LogP contribution in [0.1, 0.15) is 27.9 Å². The van der Waals surface area contributed by atoms with Crippen LogP contribution >= 0.6 is 0 Å². The van der Waals surface area contributed by atoms with Crippen LogP contribution in [0.3, 0.4) is 0 Å². The lowest BCUT2D eigenvalue weighted by Gasteiger charge is -2.13. The van der Waals surface area contributed by atoms with Gasteiger partial charge in [0.25, 0.3) is 0 Å². The Hall–Kier alpha value is -4.37. The van der Waals surface area contributed by atoms with Crippen molar-refractivity contribution >= 4 is 34.8 Å². The van der Waals surface area contributed by atoms with Gasteiger partial charge in [-0.15, -0.1) is 0 Å². The van der Waals surface area contributed by atoms with Crippen LogP contribution in [0.5, 0.6) is 5.75 Å². The van der Waals surface area contributed by atoms with E-state index in [1.54, 1.807) is 42.5 Å². The fourth-order valence-electron chi connectivity index (χ4n) is 3.63. The van der Waals surface area contributed by atoms with Crippen molar-refractivity contribution in [2.75, 3.05) is 42.7 Å². The summed E-state index contributed by atoms with van der Waals surface area (Å²) in [7, 11) is 1.52. The van der Waals surface area contributed by atoms with Crippen molar-refractivity contribution < 1.29 is 24.2 Å². The predicted molar refractivity (Wildman–Crippen MR) is 145 cm³/mol. The second-order valence-corrected chi connectivity index (χ2v) is 8.48. The number of carbonyl (C=O) groups is 3. The summed E-state index contributed by atoms with van der Waals surface area (Å²) >= 11 is 0. The molecule has 0 unspecified atom stereocenters. The topological polar surface area (TPSA) is 129 Å². The summed E-state index contributed by atoms with van der Waals surface area (Å²) in [6.07, 6.45) is 1.04. The SMILES string of the molecule is COc1cc(CC(=O)CNCCCNc2ccc(C(=O)O)cc2)ccc1NC(=O)Nc1ccccc1C. The molecule has 0 saturated heterocycles. The normalized spacial score (nSPS) is 10.4. The summed E-state index contributed by atoms with van der Waals surface area (Å²) in [6, 6.07) is 19.0. The molecule has 0 fully saturated rings. The molecule has 0 aliphatic carbocycles. The van der Waals surface area contributed by atoms with Gasteiger partial charge in [-0.3, -0.25) is 4.79 Å². The number of carbonyl (C=O) groups excluding carboxylic acids is 2. The molecule has 5 N–H and O–H groups in total. The third-order valence-corrected chi connectivity index (χ3v) is 5.62. The van der Waals surface area contributed by atoms with E-state index in [9.17, 15) is 14.4 Å². The number of benzene rings is 3. The van der Waals surface area contributed by atoms with Gasteiger partial charge in [-0.25, -0.2) is 9.59 Å². The Labute approximate surface area is 216 Å². The van der Waals surface area contributed by atoms with Crippen molar-refractivity contribution in [3.05, 3.63) is 83.4 Å². The van der Waals surface area contributed by atoms with Gasteiger partial charge in [0.15, 0.2) is 5.78 Å². The highest BCUT2D eigenvalue weighted by Gasteiger charge is 2.11. The van der Waals surface area contributed by atoms with Crippen LogP contribution < -0.4 is 26.0 Å². The Balaban J connectivity index is 1.39. The van der Waals surface area contributed by atoms with E-state index in [0.717, 1.165) is 28.9 Å². The zero-order valence-corrected chi connectivity index (χ0v) is 21.0. The number of nitrogens with one attached hydrogen (secondary N) is 4. The van der Waals surface area contributed by atoms with E-state index >= 15 is 0 Å². The van der Waals surface area contributed by atoms with E-state index in [-0.39, 0.29) is 30.3 Å². The number of carboxylic acids is 1. The fraction of sp³-hybridized carbons (Fsp3) is 0.250. The largest absolute Gasteiger partial charge is 0.495 e. The lowest BCUT2D eigenvalue weighted by molar-refractivity contribution is -0.117. The maximum Gasteiger partial charge on any atom is 0.335 e. The molecule has 2 amide bonds. The van der Waals surface area contributed by atoms with Gasteiger partial charge in [0.05, 0.1) is 24.9 Å². The first-order valence-corrected chi connectivity index (χ1v) is 12.0. The molecule has 0 aliphatic rings. The molecule has 3 aromatic carbocycles. The monoisotopic (exact) mass is 504 g/mol. The van der Waals surface area contributed by atoms with E-state index in [1.165, 1.54) is 7.11 Å². The molecule has 0 atom stereocenters. The number of rotatable bonds is 13. The molecule has 0 radical (unpaired) electrons. The molecule has 0 heterocycles. The maximum atomic E-state index is 12.4. The van der Waals surface area contributed by atoms with E-state index < -0.39 is 5.97 Å². The smallest absolute Gasteiger partial charge is 0.335 e. The molecule has 0 spiro atoms. The number of carboxylic acid groups (broad SMARTS) is 1. The summed E-state index contributed by atoms with van der Waals surface area (Å²) in [5.74, 6) is -0.439. The average molecular weight is 505 g/mol. The molecule has 3 aromatic rings. The Bertz CT molecular complexity index is 1230. The van der Waals surface area contributed by atoms with E-state index in [1.807, 2.05) is 31.2 Å². The van der Waals surface area contributed by atoms with Crippen LogP contribution in [0.25, 0.3) is 0 Å². The van der Waals surface area contributed by atoms with Gasteiger partial charge in [0.1, 0.15) is 5.75 Å². The van der Waals surface area contributed by atoms with Crippen LogP contribution in [-0.4, -0.2) is 49.6 Å². The zero-order chi connectivity index (χ0) is 26.6. The number of ketones is 1. The summed E-state index contributed by atoms with van der Waals surface area (Å²) in [6.45, 7) is 3.51. The number of para-hydroxylation sites is 1. The van der Waals surface area contributed by atoms with Crippen molar-refractivity contribution in [3.8, 4) is 5.75 Å². The molecule has 37 heavy (non-hydrogen) atoms. The number of aromatic carboxylic acids is 1. The summed E-state index contributed by atoms with van der Waals surface area (Å²) in [5, 5.41) is 20.9. The zero-order valence-electron chi connectivity index (χ0n) is 21.0. The summed E-state index contributed by atoms with van der Waals surface area (Å²) in [4.78, 5) is 35.7. The highest BCUT2D eigenvalue weighted by atomic mass is 16.5. The third-order valence-electron chi connectivity index (χ3n) is 5.62. The summed E-state index contributed by atoms with van der Waals surface area (Å²) in [5.41, 5.74) is 4.07. The van der Waals surface area contributed by atoms with Crippen molar-refractivity contribution in [3.63, 3.8) is 0 Å². The fourth-order valence-corrected chi connectivity index (χ4v) is 3.63. The molecule has 0 aromatic heterocycles. The van der Waals surface area contributed by atoms with Gasteiger partial charge in [0, 0.05) is 24.3 Å². The minimum absolute atomic E-state index is 0.0391. The molecule has 0 bridgehead atoms. The average Bonchev–Trinajstić information content (AvgIpc) is 2.88. The third kappa shape index (κ3) is 8.66. The summed E-state index contributed by atoms with van der Waals surface area (Å²) < 4.78 is 5.42. The minimum atomic E-state index is -0.951. The minimum Gasteiger partial charge on any atom is -0.495 e. The number of hydrogen-bond donors (Lipinski definition) is 5. The molecule has 9 heteroatoms. The molecular weight excluding hydrogens is 472 g/mol. The number of aryl methyl sites for hydroxylation is 1. The number of amides is 2. The predicted octanol–water partition coefficient (Wildman–Crippen LogP) is 4.55.